The summed E-state index contributed by atoms with van der Waals surface area (Å²) in [5, 5.41) is 0. The number of nitrogens with zero attached hydrogens (tertiary/aromatic N) is 3. The van der Waals surface area contributed by atoms with Crippen LogP contribution in [0.2, 0.25) is 0 Å². The van der Waals surface area contributed by atoms with Gasteiger partial charge in [0.1, 0.15) is 5.76 Å². The molecule has 0 aromatic carbocycles. The molecule has 0 spiro atoms. The maximum Gasteiger partial charge on any atom is 0.409 e. The normalized spacial score (nSPS) is 16.8. The number of piperidine rings is 1. The van der Waals surface area contributed by atoms with Crippen molar-refractivity contribution in [1.82, 2.24) is 14.8 Å². The molecule has 2 amide bonds. The van der Waals surface area contributed by atoms with Crippen molar-refractivity contribution in [3.8, 4) is 0 Å². The molecule has 7 heteroatoms. The van der Waals surface area contributed by atoms with E-state index in [-0.39, 0.29) is 17.9 Å². The zero-order valence-corrected chi connectivity index (χ0v) is 15.5. The molecule has 1 unspecified atom stereocenters. The summed E-state index contributed by atoms with van der Waals surface area (Å²) in [5.74, 6) is 0.504. The SMILES string of the molecule is CCOC(=O)N1CCCC(C(=O)N(Cc2cccnc2)Cc2ccco2)C1. The van der Waals surface area contributed by atoms with Gasteiger partial charge in [-0.2, -0.15) is 0 Å². The smallest absolute Gasteiger partial charge is 0.409 e. The molecule has 0 radical (unpaired) electrons. The van der Waals surface area contributed by atoms with E-state index in [0.29, 0.717) is 32.8 Å². The first-order chi connectivity index (χ1) is 13.2. The molecule has 1 saturated heterocycles. The van der Waals surface area contributed by atoms with E-state index < -0.39 is 0 Å². The standard InChI is InChI=1S/C20H25N3O4/c1-2-26-20(25)22-10-4-7-17(14-22)19(24)23(15-18-8-5-11-27-18)13-16-6-3-9-21-12-16/h3,5-6,8-9,11-12,17H,2,4,7,10,13-15H2,1H3. The van der Waals surface area contributed by atoms with Gasteiger partial charge in [-0.05, 0) is 43.5 Å². The van der Waals surface area contributed by atoms with Crippen molar-refractivity contribution in [3.63, 3.8) is 0 Å². The first-order valence-electron chi connectivity index (χ1n) is 9.29. The van der Waals surface area contributed by atoms with E-state index in [0.717, 1.165) is 24.2 Å². The summed E-state index contributed by atoms with van der Waals surface area (Å²) in [4.78, 5) is 32.8. The predicted octanol–water partition coefficient (Wildman–Crippen LogP) is 3.07. The summed E-state index contributed by atoms with van der Waals surface area (Å²) >= 11 is 0. The molecule has 0 N–H and O–H groups in total. The topological polar surface area (TPSA) is 75.9 Å². The maximum atomic E-state index is 13.2. The largest absolute Gasteiger partial charge is 0.467 e. The molecule has 1 atom stereocenters. The number of ether oxygens (including phenoxy) is 1. The van der Waals surface area contributed by atoms with Gasteiger partial charge in [0.05, 0.1) is 25.3 Å². The van der Waals surface area contributed by atoms with Crippen LogP contribution in [0.4, 0.5) is 4.79 Å². The van der Waals surface area contributed by atoms with Gasteiger partial charge >= 0.3 is 6.09 Å². The Bertz CT molecular complexity index is 733. The number of pyridine rings is 1. The van der Waals surface area contributed by atoms with Crippen molar-refractivity contribution in [1.29, 1.82) is 0 Å². The van der Waals surface area contributed by atoms with Crippen LogP contribution in [0.15, 0.2) is 47.3 Å². The van der Waals surface area contributed by atoms with Gasteiger partial charge in [-0.15, -0.1) is 0 Å². The highest BCUT2D eigenvalue weighted by Crippen LogP contribution is 2.22. The van der Waals surface area contributed by atoms with Crippen LogP contribution >= 0.6 is 0 Å². The molecule has 2 aromatic heterocycles. The second-order valence-corrected chi connectivity index (χ2v) is 6.62. The average molecular weight is 371 g/mol. The molecule has 1 aliphatic rings. The molecule has 3 heterocycles. The number of hydrogen-bond acceptors (Lipinski definition) is 5. The number of likely N-dealkylation sites (tertiary alicyclic amines) is 1. The van der Waals surface area contributed by atoms with Gasteiger partial charge in [0.25, 0.3) is 0 Å². The van der Waals surface area contributed by atoms with Gasteiger partial charge in [-0.1, -0.05) is 6.07 Å². The van der Waals surface area contributed by atoms with E-state index in [2.05, 4.69) is 4.98 Å². The Morgan fingerprint density at radius 2 is 2.22 bits per heavy atom. The number of aromatic nitrogens is 1. The fraction of sp³-hybridized carbons (Fsp3) is 0.450. The number of furan rings is 1. The van der Waals surface area contributed by atoms with Crippen LogP contribution in [0, 0.1) is 5.92 Å². The molecule has 7 nitrogen and oxygen atoms in total. The monoisotopic (exact) mass is 371 g/mol. The molecular formula is C20H25N3O4. The molecule has 0 bridgehead atoms. The third-order valence-electron chi connectivity index (χ3n) is 4.63. The summed E-state index contributed by atoms with van der Waals surface area (Å²) in [6, 6.07) is 7.47. The van der Waals surface area contributed by atoms with Crippen LogP contribution in [0.1, 0.15) is 31.1 Å². The van der Waals surface area contributed by atoms with Crippen LogP contribution in [0.5, 0.6) is 0 Å². The average Bonchev–Trinajstić information content (AvgIpc) is 3.21. The Kier molecular flexibility index (Phi) is 6.46. The minimum absolute atomic E-state index is 0.0178. The molecule has 1 fully saturated rings. The van der Waals surface area contributed by atoms with Crippen molar-refractivity contribution in [2.24, 2.45) is 5.92 Å². The molecule has 3 rings (SSSR count). The third-order valence-corrected chi connectivity index (χ3v) is 4.63. The fourth-order valence-corrected chi connectivity index (χ4v) is 3.33. The summed E-state index contributed by atoms with van der Waals surface area (Å²) in [6.07, 6.45) is 6.27. The van der Waals surface area contributed by atoms with Crippen molar-refractivity contribution >= 4 is 12.0 Å². The van der Waals surface area contributed by atoms with Crippen LogP contribution in [0.3, 0.4) is 0 Å². The molecule has 27 heavy (non-hydrogen) atoms. The number of carbonyl (C=O) groups is 2. The Hall–Kier alpha value is -2.83. The highest BCUT2D eigenvalue weighted by atomic mass is 16.6. The highest BCUT2D eigenvalue weighted by molar-refractivity contribution is 5.80. The molecule has 0 aliphatic carbocycles. The van der Waals surface area contributed by atoms with Crippen molar-refractivity contribution < 1.29 is 18.7 Å². The lowest BCUT2D eigenvalue weighted by Gasteiger charge is -2.34. The molecular weight excluding hydrogens is 346 g/mol. The summed E-state index contributed by atoms with van der Waals surface area (Å²) in [6.45, 7) is 3.96. The fourth-order valence-electron chi connectivity index (χ4n) is 3.33. The zero-order valence-electron chi connectivity index (χ0n) is 15.5. The predicted molar refractivity (Wildman–Crippen MR) is 98.5 cm³/mol. The summed E-state index contributed by atoms with van der Waals surface area (Å²) in [5.41, 5.74) is 0.954. The Labute approximate surface area is 158 Å². The highest BCUT2D eigenvalue weighted by Gasteiger charge is 2.32. The molecule has 144 valence electrons. The summed E-state index contributed by atoms with van der Waals surface area (Å²) in [7, 11) is 0. The van der Waals surface area contributed by atoms with Crippen molar-refractivity contribution in [2.45, 2.75) is 32.9 Å². The van der Waals surface area contributed by atoms with Crippen LogP contribution < -0.4 is 0 Å². The van der Waals surface area contributed by atoms with Gasteiger partial charge in [0.15, 0.2) is 0 Å². The van der Waals surface area contributed by atoms with Crippen LogP contribution in [-0.4, -0.2) is 46.5 Å². The first kappa shape index (κ1) is 18.9. The third kappa shape index (κ3) is 5.09. The Morgan fingerprint density at radius 1 is 1.33 bits per heavy atom. The Morgan fingerprint density at radius 3 is 2.93 bits per heavy atom. The van der Waals surface area contributed by atoms with Gasteiger partial charge in [-0.25, -0.2) is 4.79 Å². The lowest BCUT2D eigenvalue weighted by atomic mass is 9.96. The molecule has 1 aliphatic heterocycles. The molecule has 2 aromatic rings. The number of hydrogen-bond donors (Lipinski definition) is 0. The first-order valence-corrected chi connectivity index (χ1v) is 9.29. The van der Waals surface area contributed by atoms with Gasteiger partial charge in [0.2, 0.25) is 5.91 Å². The minimum atomic E-state index is -0.347. The van der Waals surface area contributed by atoms with Crippen molar-refractivity contribution in [3.05, 3.63) is 54.2 Å². The van der Waals surface area contributed by atoms with Gasteiger partial charge < -0.3 is 19.0 Å². The second kappa shape index (κ2) is 9.21. The number of amides is 2. The quantitative estimate of drug-likeness (QED) is 0.780. The van der Waals surface area contributed by atoms with E-state index in [1.807, 2.05) is 24.3 Å². The zero-order chi connectivity index (χ0) is 19.1. The van der Waals surface area contributed by atoms with Crippen LogP contribution in [-0.2, 0) is 22.6 Å². The van der Waals surface area contributed by atoms with E-state index in [1.165, 1.54) is 0 Å². The lowest BCUT2D eigenvalue weighted by Crippen LogP contribution is -2.46. The second-order valence-electron chi connectivity index (χ2n) is 6.62. The minimum Gasteiger partial charge on any atom is -0.467 e. The maximum absolute atomic E-state index is 13.2. The van der Waals surface area contributed by atoms with Crippen molar-refractivity contribution in [2.75, 3.05) is 19.7 Å². The Balaban J connectivity index is 1.72. The van der Waals surface area contributed by atoms with E-state index in [1.54, 1.807) is 35.4 Å². The summed E-state index contributed by atoms with van der Waals surface area (Å²) < 4.78 is 10.5. The van der Waals surface area contributed by atoms with Gasteiger partial charge in [0, 0.05) is 32.0 Å². The molecule has 0 saturated carbocycles. The number of carbonyl (C=O) groups excluding carboxylic acids is 2. The van der Waals surface area contributed by atoms with Crippen LogP contribution in [0.25, 0.3) is 0 Å². The lowest BCUT2D eigenvalue weighted by molar-refractivity contribution is -0.138. The van der Waals surface area contributed by atoms with E-state index in [4.69, 9.17) is 9.15 Å². The van der Waals surface area contributed by atoms with E-state index in [9.17, 15) is 9.59 Å². The number of rotatable bonds is 6. The van der Waals surface area contributed by atoms with Gasteiger partial charge in [-0.3, -0.25) is 9.78 Å². The van der Waals surface area contributed by atoms with E-state index >= 15 is 0 Å².